The van der Waals surface area contributed by atoms with E-state index < -0.39 is 0 Å². The first-order chi connectivity index (χ1) is 5.75. The second-order valence-electron chi connectivity index (χ2n) is 4.03. The van der Waals surface area contributed by atoms with E-state index in [1.807, 2.05) is 0 Å². The largest absolute Gasteiger partial charge is 0.330 e. The van der Waals surface area contributed by atoms with Gasteiger partial charge in [-0.25, -0.2) is 0 Å². The van der Waals surface area contributed by atoms with Crippen LogP contribution in [0.5, 0.6) is 0 Å². The molecular weight excluding hydrogens is 146 g/mol. The number of unbranched alkanes of at least 4 members (excludes halogenated alkanes) is 1. The molecule has 1 nitrogen and oxygen atoms in total. The Morgan fingerprint density at radius 3 is 2.58 bits per heavy atom. The van der Waals surface area contributed by atoms with E-state index in [0.717, 1.165) is 13.0 Å². The molecular formula is C11H21N. The Bertz CT molecular complexity index is 162. The second kappa shape index (κ2) is 4.08. The maximum atomic E-state index is 5.62. The van der Waals surface area contributed by atoms with Crippen LogP contribution in [0.3, 0.4) is 0 Å². The van der Waals surface area contributed by atoms with Gasteiger partial charge in [0.2, 0.25) is 0 Å². The minimum atomic E-state index is 0.463. The molecule has 0 aliphatic heterocycles. The van der Waals surface area contributed by atoms with Crippen LogP contribution in [0.25, 0.3) is 0 Å². The quantitative estimate of drug-likeness (QED) is 0.626. The lowest BCUT2D eigenvalue weighted by molar-refractivity contribution is 0.199. The zero-order valence-electron chi connectivity index (χ0n) is 8.23. The predicted octanol–water partition coefficient (Wildman–Crippen LogP) is 2.86. The van der Waals surface area contributed by atoms with Crippen LogP contribution in [-0.2, 0) is 0 Å². The van der Waals surface area contributed by atoms with Gasteiger partial charge in [0.05, 0.1) is 0 Å². The molecule has 1 fully saturated rings. The van der Waals surface area contributed by atoms with E-state index in [0.29, 0.717) is 5.41 Å². The van der Waals surface area contributed by atoms with E-state index in [2.05, 4.69) is 13.5 Å². The van der Waals surface area contributed by atoms with Gasteiger partial charge in [0.25, 0.3) is 0 Å². The zero-order valence-corrected chi connectivity index (χ0v) is 8.23. The van der Waals surface area contributed by atoms with Gasteiger partial charge in [-0.15, -0.1) is 0 Å². The van der Waals surface area contributed by atoms with Crippen molar-refractivity contribution < 1.29 is 0 Å². The summed E-state index contributed by atoms with van der Waals surface area (Å²) in [7, 11) is 0. The lowest BCUT2D eigenvalue weighted by Crippen LogP contribution is -2.34. The van der Waals surface area contributed by atoms with E-state index in [9.17, 15) is 0 Å². The van der Waals surface area contributed by atoms with Crippen molar-refractivity contribution >= 4 is 0 Å². The van der Waals surface area contributed by atoms with E-state index >= 15 is 0 Å². The molecule has 1 aliphatic carbocycles. The van der Waals surface area contributed by atoms with Crippen molar-refractivity contribution in [3.05, 3.63) is 12.2 Å². The van der Waals surface area contributed by atoms with Crippen molar-refractivity contribution in [1.82, 2.24) is 0 Å². The second-order valence-corrected chi connectivity index (χ2v) is 4.03. The Balaban J connectivity index is 2.42. The van der Waals surface area contributed by atoms with E-state index in [1.54, 1.807) is 0 Å². The number of nitrogens with two attached hydrogens (primary N) is 1. The van der Waals surface area contributed by atoms with E-state index in [4.69, 9.17) is 5.73 Å². The topological polar surface area (TPSA) is 26.0 Å². The van der Waals surface area contributed by atoms with Crippen LogP contribution in [0.15, 0.2) is 12.2 Å². The fraction of sp³-hybridized carbons (Fsp3) is 0.818. The predicted molar refractivity (Wildman–Crippen MR) is 54.0 cm³/mol. The average Bonchev–Trinajstić information content (AvgIpc) is 2.09. The number of hydrogen-bond donors (Lipinski definition) is 1. The molecule has 0 radical (unpaired) electrons. The molecule has 0 aromatic heterocycles. The normalized spacial score (nSPS) is 28.7. The maximum absolute atomic E-state index is 5.62. The molecule has 0 bridgehead atoms. The highest BCUT2D eigenvalue weighted by atomic mass is 14.6. The number of hydrogen-bond acceptors (Lipinski definition) is 1. The number of rotatable bonds is 5. The molecule has 1 unspecified atom stereocenters. The minimum absolute atomic E-state index is 0.463. The van der Waals surface area contributed by atoms with Gasteiger partial charge in [-0.1, -0.05) is 31.9 Å². The molecule has 1 saturated carbocycles. The summed E-state index contributed by atoms with van der Waals surface area (Å²) in [5.41, 5.74) is 7.54. The Kier molecular flexibility index (Phi) is 3.33. The highest BCUT2D eigenvalue weighted by Gasteiger charge is 2.38. The monoisotopic (exact) mass is 167 g/mol. The third kappa shape index (κ3) is 1.71. The summed E-state index contributed by atoms with van der Waals surface area (Å²) in [6.45, 7) is 7.20. The molecule has 0 saturated heterocycles. The standard InChI is InChI=1S/C11H21N/c1-3-4-6-11(8-9-12)7-5-10(11)2/h2-9,12H2,1H3. The summed E-state index contributed by atoms with van der Waals surface area (Å²) < 4.78 is 0. The fourth-order valence-corrected chi connectivity index (χ4v) is 2.18. The van der Waals surface area contributed by atoms with E-state index in [-0.39, 0.29) is 0 Å². The average molecular weight is 167 g/mol. The molecule has 1 heteroatoms. The summed E-state index contributed by atoms with van der Waals surface area (Å²) in [4.78, 5) is 0. The van der Waals surface area contributed by atoms with E-state index in [1.165, 1.54) is 37.7 Å². The van der Waals surface area contributed by atoms with Crippen molar-refractivity contribution in [2.45, 2.75) is 45.4 Å². The Hall–Kier alpha value is -0.300. The first kappa shape index (κ1) is 9.79. The molecule has 0 spiro atoms. The van der Waals surface area contributed by atoms with Gasteiger partial charge >= 0.3 is 0 Å². The van der Waals surface area contributed by atoms with Gasteiger partial charge in [-0.05, 0) is 37.6 Å². The molecule has 12 heavy (non-hydrogen) atoms. The molecule has 70 valence electrons. The van der Waals surface area contributed by atoms with Crippen LogP contribution >= 0.6 is 0 Å². The van der Waals surface area contributed by atoms with Crippen LogP contribution in [0.4, 0.5) is 0 Å². The van der Waals surface area contributed by atoms with Crippen LogP contribution in [0.1, 0.15) is 45.4 Å². The van der Waals surface area contributed by atoms with Crippen molar-refractivity contribution in [2.24, 2.45) is 11.1 Å². The molecule has 2 N–H and O–H groups in total. The summed E-state index contributed by atoms with van der Waals surface area (Å²) in [6, 6.07) is 0. The third-order valence-electron chi connectivity index (χ3n) is 3.29. The molecule has 1 aliphatic rings. The van der Waals surface area contributed by atoms with Gasteiger partial charge in [0.1, 0.15) is 0 Å². The lowest BCUT2D eigenvalue weighted by atomic mass is 9.61. The van der Waals surface area contributed by atoms with Crippen molar-refractivity contribution in [3.63, 3.8) is 0 Å². The minimum Gasteiger partial charge on any atom is -0.330 e. The summed E-state index contributed by atoms with van der Waals surface area (Å²) in [5.74, 6) is 0. The molecule has 0 aromatic carbocycles. The SMILES string of the molecule is C=C1CCC1(CCN)CCCC. The van der Waals surface area contributed by atoms with Crippen LogP contribution in [0.2, 0.25) is 0 Å². The van der Waals surface area contributed by atoms with Crippen molar-refractivity contribution in [3.8, 4) is 0 Å². The highest BCUT2D eigenvalue weighted by molar-refractivity contribution is 5.19. The smallest absolute Gasteiger partial charge is 0.00689 e. The van der Waals surface area contributed by atoms with Crippen LogP contribution in [0, 0.1) is 5.41 Å². The third-order valence-corrected chi connectivity index (χ3v) is 3.29. The summed E-state index contributed by atoms with van der Waals surface area (Å²) in [6.07, 6.45) is 7.68. The van der Waals surface area contributed by atoms with Gasteiger partial charge in [0.15, 0.2) is 0 Å². The number of allylic oxidation sites excluding steroid dienone is 1. The Morgan fingerprint density at radius 2 is 2.25 bits per heavy atom. The highest BCUT2D eigenvalue weighted by Crippen LogP contribution is 2.51. The molecule has 0 aromatic rings. The lowest BCUT2D eigenvalue weighted by Gasteiger charge is -2.44. The van der Waals surface area contributed by atoms with Crippen LogP contribution in [-0.4, -0.2) is 6.54 Å². The molecule has 0 amide bonds. The molecule has 1 rings (SSSR count). The summed E-state index contributed by atoms with van der Waals surface area (Å²) in [5, 5.41) is 0. The van der Waals surface area contributed by atoms with Crippen molar-refractivity contribution in [2.75, 3.05) is 6.54 Å². The first-order valence-electron chi connectivity index (χ1n) is 5.13. The molecule has 0 heterocycles. The first-order valence-corrected chi connectivity index (χ1v) is 5.13. The van der Waals surface area contributed by atoms with Crippen LogP contribution < -0.4 is 5.73 Å². The van der Waals surface area contributed by atoms with Crippen molar-refractivity contribution in [1.29, 1.82) is 0 Å². The van der Waals surface area contributed by atoms with Gasteiger partial charge < -0.3 is 5.73 Å². The Labute approximate surface area is 76.0 Å². The zero-order chi connectivity index (χ0) is 9.03. The van der Waals surface area contributed by atoms with Gasteiger partial charge in [0, 0.05) is 0 Å². The molecule has 1 atom stereocenters. The van der Waals surface area contributed by atoms with Gasteiger partial charge in [-0.3, -0.25) is 0 Å². The maximum Gasteiger partial charge on any atom is -0.00689 e. The fourth-order valence-electron chi connectivity index (χ4n) is 2.18. The van der Waals surface area contributed by atoms with Gasteiger partial charge in [-0.2, -0.15) is 0 Å². The summed E-state index contributed by atoms with van der Waals surface area (Å²) >= 11 is 0. The Morgan fingerprint density at radius 1 is 1.50 bits per heavy atom.